The molecule has 0 saturated heterocycles. The highest BCUT2D eigenvalue weighted by molar-refractivity contribution is 5.81. The normalized spacial score (nSPS) is 19.0. The van der Waals surface area contributed by atoms with Crippen LogP contribution in [-0.2, 0) is 4.79 Å². The van der Waals surface area contributed by atoms with Crippen molar-refractivity contribution in [2.75, 3.05) is 0 Å². The number of hydrogen-bond donors (Lipinski definition) is 3. The van der Waals surface area contributed by atoms with Crippen LogP contribution in [0.2, 0.25) is 0 Å². The van der Waals surface area contributed by atoms with E-state index in [0.29, 0.717) is 0 Å². The summed E-state index contributed by atoms with van der Waals surface area (Å²) >= 11 is 0. The zero-order valence-electron chi connectivity index (χ0n) is 3.83. The van der Waals surface area contributed by atoms with E-state index in [1.54, 1.807) is 0 Å². The van der Waals surface area contributed by atoms with Gasteiger partial charge in [0.2, 0.25) is 0 Å². The largest absolute Gasteiger partial charge is 0.507 e. The molecule has 0 saturated carbocycles. The average molecular weight is 116 g/mol. The summed E-state index contributed by atoms with van der Waals surface area (Å²) in [4.78, 5) is 9.82. The number of aliphatic carboxylic acids is 1. The van der Waals surface area contributed by atoms with Crippen molar-refractivity contribution in [3.8, 4) is 0 Å². The molecule has 0 amide bonds. The van der Waals surface area contributed by atoms with Gasteiger partial charge in [0.05, 0.1) is 0 Å². The Bertz CT molecular complexity index is 157. The number of aliphatic hydroxyl groups is 2. The molecule has 0 aromatic carbocycles. The number of carbonyl (C=O) groups is 1. The smallest absolute Gasteiger partial charge is 0.322 e. The van der Waals surface area contributed by atoms with E-state index in [1.165, 1.54) is 0 Å². The summed E-state index contributed by atoms with van der Waals surface area (Å²) in [5.74, 6) is -3.15. The summed E-state index contributed by atoms with van der Waals surface area (Å²) in [5, 5.41) is 24.7. The van der Waals surface area contributed by atoms with Gasteiger partial charge in [0, 0.05) is 0 Å². The van der Waals surface area contributed by atoms with E-state index < -0.39 is 23.4 Å². The van der Waals surface area contributed by atoms with Gasteiger partial charge in [0.1, 0.15) is 0 Å². The van der Waals surface area contributed by atoms with Gasteiger partial charge in [-0.1, -0.05) is 0 Å². The maximum absolute atomic E-state index is 9.82. The Labute approximate surface area is 44.7 Å². The van der Waals surface area contributed by atoms with Gasteiger partial charge in [-0.05, 0) is 0 Å². The molecule has 1 rings (SSSR count). The first-order valence-electron chi connectivity index (χ1n) is 1.99. The van der Waals surface area contributed by atoms with Crippen LogP contribution < -0.4 is 0 Å². The predicted octanol–water partition coefficient (Wildman–Crippen LogP) is 0.0284. The lowest BCUT2D eigenvalue weighted by Crippen LogP contribution is -2.01. The van der Waals surface area contributed by atoms with Crippen molar-refractivity contribution in [3.05, 3.63) is 11.5 Å². The van der Waals surface area contributed by atoms with Gasteiger partial charge in [-0.3, -0.25) is 4.79 Å². The molecule has 0 aromatic heterocycles. The van der Waals surface area contributed by atoms with Crippen LogP contribution in [0.25, 0.3) is 0 Å². The average Bonchev–Trinajstić information content (AvgIpc) is 2.15. The minimum absolute atomic E-state index is 0.419. The van der Waals surface area contributed by atoms with E-state index in [2.05, 4.69) is 0 Å². The minimum Gasteiger partial charge on any atom is -0.507 e. The first-order valence-corrected chi connectivity index (χ1v) is 1.99. The molecule has 44 valence electrons. The molecular formula is C4H4O4. The van der Waals surface area contributed by atoms with Gasteiger partial charge in [0.25, 0.3) is 0 Å². The molecule has 0 aliphatic heterocycles. The van der Waals surface area contributed by atoms with Gasteiger partial charge >= 0.3 is 5.97 Å². The van der Waals surface area contributed by atoms with Gasteiger partial charge in [0.15, 0.2) is 17.4 Å². The molecule has 3 N–H and O–H groups in total. The van der Waals surface area contributed by atoms with Crippen LogP contribution in [0.5, 0.6) is 0 Å². The minimum atomic E-state index is -1.21. The van der Waals surface area contributed by atoms with Crippen molar-refractivity contribution in [2.45, 2.75) is 0 Å². The summed E-state index contributed by atoms with van der Waals surface area (Å²) in [6, 6.07) is 0. The zero-order chi connectivity index (χ0) is 6.31. The number of rotatable bonds is 1. The summed E-state index contributed by atoms with van der Waals surface area (Å²) in [5.41, 5.74) is 0. The molecule has 8 heavy (non-hydrogen) atoms. The summed E-state index contributed by atoms with van der Waals surface area (Å²) in [7, 11) is 0. The monoisotopic (exact) mass is 116 g/mol. The molecule has 1 aliphatic carbocycles. The lowest BCUT2D eigenvalue weighted by molar-refractivity contribution is -0.138. The van der Waals surface area contributed by atoms with Gasteiger partial charge < -0.3 is 15.3 Å². The molecule has 4 nitrogen and oxygen atoms in total. The van der Waals surface area contributed by atoms with Crippen molar-refractivity contribution in [3.63, 3.8) is 0 Å². The van der Waals surface area contributed by atoms with Gasteiger partial charge in [-0.2, -0.15) is 0 Å². The molecule has 0 spiro atoms. The lowest BCUT2D eigenvalue weighted by Gasteiger charge is -1.81. The molecular weight excluding hydrogens is 112 g/mol. The van der Waals surface area contributed by atoms with E-state index in [-0.39, 0.29) is 0 Å². The fourth-order valence-corrected chi connectivity index (χ4v) is 0.434. The molecule has 4 heteroatoms. The molecule has 0 heterocycles. The summed E-state index contributed by atoms with van der Waals surface area (Å²) in [6.45, 7) is 0. The molecule has 0 aromatic rings. The number of aliphatic hydroxyl groups excluding tert-OH is 2. The SMILES string of the molecule is O=C(O)C1C(O)=C1O. The highest BCUT2D eigenvalue weighted by Crippen LogP contribution is 2.33. The molecule has 0 atom stereocenters. The third-order valence-electron chi connectivity index (χ3n) is 0.973. The van der Waals surface area contributed by atoms with Crippen molar-refractivity contribution in [1.82, 2.24) is 0 Å². The molecule has 0 unspecified atom stereocenters. The van der Waals surface area contributed by atoms with E-state index in [1.807, 2.05) is 0 Å². The number of hydrogen-bond acceptors (Lipinski definition) is 3. The second-order valence-electron chi connectivity index (χ2n) is 1.54. The third-order valence-corrected chi connectivity index (χ3v) is 0.973. The Kier molecular flexibility index (Phi) is 0.713. The molecule has 0 bridgehead atoms. The molecule has 1 aliphatic rings. The van der Waals surface area contributed by atoms with E-state index in [4.69, 9.17) is 15.3 Å². The zero-order valence-corrected chi connectivity index (χ0v) is 3.83. The maximum Gasteiger partial charge on any atom is 0.322 e. The summed E-state index contributed by atoms with van der Waals surface area (Å²) in [6.07, 6.45) is 0. The fraction of sp³-hybridized carbons (Fsp3) is 0.250. The Balaban J connectivity index is 2.54. The Morgan fingerprint density at radius 2 is 1.75 bits per heavy atom. The van der Waals surface area contributed by atoms with E-state index in [9.17, 15) is 4.79 Å². The van der Waals surface area contributed by atoms with Crippen molar-refractivity contribution >= 4 is 5.97 Å². The highest BCUT2D eigenvalue weighted by atomic mass is 16.4. The topological polar surface area (TPSA) is 77.8 Å². The van der Waals surface area contributed by atoms with Gasteiger partial charge in [-0.15, -0.1) is 0 Å². The van der Waals surface area contributed by atoms with Crippen LogP contribution in [-0.4, -0.2) is 21.3 Å². The predicted molar refractivity (Wildman–Crippen MR) is 23.4 cm³/mol. The fourth-order valence-electron chi connectivity index (χ4n) is 0.434. The first kappa shape index (κ1) is 4.96. The van der Waals surface area contributed by atoms with Crippen LogP contribution in [0.1, 0.15) is 0 Å². The van der Waals surface area contributed by atoms with Crippen LogP contribution in [0.3, 0.4) is 0 Å². The van der Waals surface area contributed by atoms with Crippen molar-refractivity contribution < 1.29 is 20.1 Å². The van der Waals surface area contributed by atoms with Crippen LogP contribution >= 0.6 is 0 Å². The van der Waals surface area contributed by atoms with Gasteiger partial charge in [-0.25, -0.2) is 0 Å². The van der Waals surface area contributed by atoms with Crippen LogP contribution in [0.15, 0.2) is 11.5 Å². The number of carboxylic acid groups (broad SMARTS) is 1. The standard InChI is InChI=1S/C4H4O4/c5-2-1(3(2)6)4(7)8/h1,5-6H,(H,7,8). The van der Waals surface area contributed by atoms with Crippen molar-refractivity contribution in [2.24, 2.45) is 5.92 Å². The Morgan fingerprint density at radius 1 is 1.38 bits per heavy atom. The maximum atomic E-state index is 9.82. The summed E-state index contributed by atoms with van der Waals surface area (Å²) < 4.78 is 0. The Morgan fingerprint density at radius 3 is 1.75 bits per heavy atom. The highest BCUT2D eigenvalue weighted by Gasteiger charge is 2.44. The molecule has 0 fully saturated rings. The Hall–Kier alpha value is -1.19. The molecule has 0 radical (unpaired) electrons. The first-order chi connectivity index (χ1) is 3.64. The second kappa shape index (κ2) is 1.15. The van der Waals surface area contributed by atoms with E-state index in [0.717, 1.165) is 0 Å². The lowest BCUT2D eigenvalue weighted by atomic mass is 10.4. The van der Waals surface area contributed by atoms with Crippen LogP contribution in [0, 0.1) is 5.92 Å². The van der Waals surface area contributed by atoms with Crippen molar-refractivity contribution in [1.29, 1.82) is 0 Å². The number of carboxylic acids is 1. The van der Waals surface area contributed by atoms with E-state index >= 15 is 0 Å². The third kappa shape index (κ3) is 0.425. The quantitative estimate of drug-likeness (QED) is 0.451. The van der Waals surface area contributed by atoms with Crippen LogP contribution in [0.4, 0.5) is 0 Å². The second-order valence-corrected chi connectivity index (χ2v) is 1.54.